The third-order valence-electron chi connectivity index (χ3n) is 5.15. The van der Waals surface area contributed by atoms with Crippen LogP contribution in [0.25, 0.3) is 0 Å². The summed E-state index contributed by atoms with van der Waals surface area (Å²) in [7, 11) is -0.656. The van der Waals surface area contributed by atoms with E-state index in [2.05, 4.69) is 0 Å². The van der Waals surface area contributed by atoms with Gasteiger partial charge in [0.05, 0.1) is 20.3 Å². The van der Waals surface area contributed by atoms with Gasteiger partial charge in [-0.15, -0.1) is 0 Å². The molecule has 0 unspecified atom stereocenters. The Hall–Kier alpha value is -2.25. The summed E-state index contributed by atoms with van der Waals surface area (Å²) in [5.41, 5.74) is 3.91. The maximum atomic E-state index is 13.2. The van der Waals surface area contributed by atoms with E-state index in [0.29, 0.717) is 19.0 Å². The van der Waals surface area contributed by atoms with Gasteiger partial charge in [-0.1, -0.05) is 6.07 Å². The van der Waals surface area contributed by atoms with Crippen LogP contribution in [-0.4, -0.2) is 40.1 Å². The van der Waals surface area contributed by atoms with Gasteiger partial charge in [0.2, 0.25) is 10.0 Å². The van der Waals surface area contributed by atoms with Crippen LogP contribution in [0, 0.1) is 6.92 Å². The second kappa shape index (κ2) is 6.73. The molecule has 0 spiro atoms. The molecule has 0 fully saturated rings. The molecule has 7 heteroatoms. The smallest absolute Gasteiger partial charge is 0.246 e. The molecular weight excluding hydrogens is 366 g/mol. The van der Waals surface area contributed by atoms with Gasteiger partial charge in [-0.2, -0.15) is 4.31 Å². The third kappa shape index (κ3) is 3.04. The summed E-state index contributed by atoms with van der Waals surface area (Å²) in [6.07, 6.45) is 1.59. The van der Waals surface area contributed by atoms with Gasteiger partial charge in [0, 0.05) is 43.1 Å². The average Bonchev–Trinajstić information content (AvgIpc) is 3.30. The topological polar surface area (TPSA) is 65.1 Å². The molecule has 2 heterocycles. The molecule has 4 rings (SSSR count). The van der Waals surface area contributed by atoms with E-state index in [9.17, 15) is 8.42 Å². The van der Waals surface area contributed by atoms with Crippen LogP contribution in [0.2, 0.25) is 0 Å². The molecule has 0 radical (unpaired) electrons. The average molecular weight is 389 g/mol. The first-order valence-corrected chi connectivity index (χ1v) is 10.4. The van der Waals surface area contributed by atoms with Crippen LogP contribution in [0.1, 0.15) is 22.3 Å². The Morgan fingerprint density at radius 1 is 1.15 bits per heavy atom. The predicted molar refractivity (Wildman–Crippen MR) is 101 cm³/mol. The fourth-order valence-corrected chi connectivity index (χ4v) is 5.09. The van der Waals surface area contributed by atoms with Crippen molar-refractivity contribution in [3.8, 4) is 17.2 Å². The Kier molecular flexibility index (Phi) is 4.52. The molecule has 0 atom stereocenters. The van der Waals surface area contributed by atoms with Gasteiger partial charge in [0.25, 0.3) is 0 Å². The molecule has 0 aliphatic carbocycles. The lowest BCUT2D eigenvalue weighted by Gasteiger charge is -2.21. The molecule has 0 amide bonds. The molecule has 0 saturated heterocycles. The maximum absolute atomic E-state index is 13.2. The monoisotopic (exact) mass is 389 g/mol. The minimum Gasteiger partial charge on any atom is -0.495 e. The van der Waals surface area contributed by atoms with E-state index in [1.54, 1.807) is 19.2 Å². The van der Waals surface area contributed by atoms with E-state index in [4.69, 9.17) is 14.2 Å². The third-order valence-corrected chi connectivity index (χ3v) is 6.97. The summed E-state index contributed by atoms with van der Waals surface area (Å²) in [4.78, 5) is 0.175. The Morgan fingerprint density at radius 3 is 2.70 bits per heavy atom. The zero-order valence-electron chi connectivity index (χ0n) is 15.7. The highest BCUT2D eigenvalue weighted by Gasteiger charge is 2.31. The number of hydrogen-bond donors (Lipinski definition) is 0. The fourth-order valence-electron chi connectivity index (χ4n) is 3.71. The summed E-state index contributed by atoms with van der Waals surface area (Å²) in [6, 6.07) is 7.20. The van der Waals surface area contributed by atoms with Crippen molar-refractivity contribution in [2.75, 3.05) is 27.4 Å². The molecule has 2 aliphatic rings. The maximum Gasteiger partial charge on any atom is 0.246 e. The van der Waals surface area contributed by atoms with Gasteiger partial charge in [0.15, 0.2) is 0 Å². The quantitative estimate of drug-likeness (QED) is 0.787. The first-order chi connectivity index (χ1) is 12.9. The Bertz CT molecular complexity index is 968. The Labute approximate surface area is 159 Å². The van der Waals surface area contributed by atoms with Crippen molar-refractivity contribution in [1.29, 1.82) is 0 Å². The molecule has 27 heavy (non-hydrogen) atoms. The Balaban J connectivity index is 1.73. The van der Waals surface area contributed by atoms with Crippen LogP contribution in [0.5, 0.6) is 17.2 Å². The number of aryl methyl sites for hydroxylation is 1. The van der Waals surface area contributed by atoms with E-state index in [1.165, 1.54) is 11.4 Å². The number of hydrogen-bond acceptors (Lipinski definition) is 5. The SMILES string of the molecule is COc1ccc(C)cc1S(=O)(=O)N(C)Cc1c2c(cc3c1OCC3)OCC2. The summed E-state index contributed by atoms with van der Waals surface area (Å²) >= 11 is 0. The van der Waals surface area contributed by atoms with Crippen molar-refractivity contribution >= 4 is 10.0 Å². The molecule has 6 nitrogen and oxygen atoms in total. The summed E-state index contributed by atoms with van der Waals surface area (Å²) < 4.78 is 44.7. The second-order valence-corrected chi connectivity index (χ2v) is 8.95. The van der Waals surface area contributed by atoms with Crippen molar-refractivity contribution in [3.05, 3.63) is 46.5 Å². The zero-order valence-corrected chi connectivity index (χ0v) is 16.6. The number of nitrogens with zero attached hydrogens (tertiary/aromatic N) is 1. The standard InChI is InChI=1S/C20H23NO5S/c1-13-4-5-17(24-3)19(10-13)27(22,23)21(2)12-16-15-7-9-25-18(15)11-14-6-8-26-20(14)16/h4-5,10-11H,6-9,12H2,1-3H3. The number of benzene rings is 2. The highest BCUT2D eigenvalue weighted by atomic mass is 32.2. The van der Waals surface area contributed by atoms with Crippen LogP contribution in [-0.2, 0) is 29.4 Å². The lowest BCUT2D eigenvalue weighted by Crippen LogP contribution is -2.27. The summed E-state index contributed by atoms with van der Waals surface area (Å²) in [5, 5.41) is 0. The van der Waals surface area contributed by atoms with Crippen LogP contribution >= 0.6 is 0 Å². The van der Waals surface area contributed by atoms with Gasteiger partial charge in [-0.25, -0.2) is 8.42 Å². The van der Waals surface area contributed by atoms with E-state index in [1.807, 2.05) is 19.1 Å². The first kappa shape index (κ1) is 18.1. The summed E-state index contributed by atoms with van der Waals surface area (Å²) in [6.45, 7) is 3.33. The number of rotatable bonds is 5. The van der Waals surface area contributed by atoms with Crippen LogP contribution in [0.4, 0.5) is 0 Å². The van der Waals surface area contributed by atoms with Crippen LogP contribution in [0.3, 0.4) is 0 Å². The van der Waals surface area contributed by atoms with E-state index in [0.717, 1.165) is 46.6 Å². The van der Waals surface area contributed by atoms with Gasteiger partial charge < -0.3 is 14.2 Å². The molecule has 2 aliphatic heterocycles. The molecule has 0 N–H and O–H groups in total. The predicted octanol–water partition coefficient (Wildman–Crippen LogP) is 2.69. The van der Waals surface area contributed by atoms with Crippen LogP contribution < -0.4 is 14.2 Å². The lowest BCUT2D eigenvalue weighted by atomic mass is 9.99. The molecule has 0 bridgehead atoms. The van der Waals surface area contributed by atoms with Crippen molar-refractivity contribution < 1.29 is 22.6 Å². The normalized spacial score (nSPS) is 15.3. The van der Waals surface area contributed by atoms with Crippen molar-refractivity contribution in [2.45, 2.75) is 31.2 Å². The summed E-state index contributed by atoms with van der Waals surface area (Å²) in [5.74, 6) is 2.02. The highest BCUT2D eigenvalue weighted by Crippen LogP contribution is 2.41. The number of ether oxygens (including phenoxy) is 3. The zero-order chi connectivity index (χ0) is 19.2. The number of methoxy groups -OCH3 is 1. The molecular formula is C20H23NO5S. The largest absolute Gasteiger partial charge is 0.495 e. The Morgan fingerprint density at radius 2 is 1.93 bits per heavy atom. The number of fused-ring (bicyclic) bond motifs is 2. The fraction of sp³-hybridized carbons (Fsp3) is 0.400. The lowest BCUT2D eigenvalue weighted by molar-refractivity contribution is 0.348. The molecule has 0 aromatic heterocycles. The van der Waals surface area contributed by atoms with E-state index < -0.39 is 10.0 Å². The molecule has 144 valence electrons. The van der Waals surface area contributed by atoms with Gasteiger partial charge in [0.1, 0.15) is 22.1 Å². The number of sulfonamides is 1. The minimum atomic E-state index is -3.73. The van der Waals surface area contributed by atoms with E-state index >= 15 is 0 Å². The van der Waals surface area contributed by atoms with Crippen molar-refractivity contribution in [2.24, 2.45) is 0 Å². The van der Waals surface area contributed by atoms with Gasteiger partial charge in [-0.05, 0) is 30.7 Å². The van der Waals surface area contributed by atoms with Gasteiger partial charge in [-0.3, -0.25) is 0 Å². The minimum absolute atomic E-state index is 0.175. The van der Waals surface area contributed by atoms with Crippen molar-refractivity contribution in [1.82, 2.24) is 4.31 Å². The van der Waals surface area contributed by atoms with Gasteiger partial charge >= 0.3 is 0 Å². The molecule has 0 saturated carbocycles. The van der Waals surface area contributed by atoms with Crippen LogP contribution in [0.15, 0.2) is 29.2 Å². The second-order valence-electron chi connectivity index (χ2n) is 6.93. The highest BCUT2D eigenvalue weighted by molar-refractivity contribution is 7.89. The molecule has 2 aromatic carbocycles. The first-order valence-electron chi connectivity index (χ1n) is 8.96. The molecule has 2 aromatic rings. The van der Waals surface area contributed by atoms with E-state index in [-0.39, 0.29) is 11.4 Å². The van der Waals surface area contributed by atoms with Crippen molar-refractivity contribution in [3.63, 3.8) is 0 Å².